The number of aromatic hydroxyl groups is 1. The van der Waals surface area contributed by atoms with Gasteiger partial charge in [-0.2, -0.15) is 0 Å². The van der Waals surface area contributed by atoms with Crippen LogP contribution in [-0.4, -0.2) is 34.9 Å². The fraction of sp³-hybridized carbons (Fsp3) is 0.667. The smallest absolute Gasteiger partial charge is 0.133 e. The van der Waals surface area contributed by atoms with Gasteiger partial charge in [0.25, 0.3) is 0 Å². The SMILES string of the molecule is O=C1CC[C@H]2[C@H]3Cc4ccc(O)cc4[C@@]2(CCN3CC2CCC2)C1. The molecule has 0 aromatic heterocycles. The van der Waals surface area contributed by atoms with Crippen LogP contribution in [0.2, 0.25) is 0 Å². The number of fused-ring (bicyclic) bond motifs is 1. The van der Waals surface area contributed by atoms with Crippen molar-refractivity contribution in [3.8, 4) is 5.75 Å². The van der Waals surface area contributed by atoms with Crippen LogP contribution in [0.15, 0.2) is 18.2 Å². The maximum atomic E-state index is 12.3. The lowest BCUT2D eigenvalue weighted by molar-refractivity contribution is -0.127. The third-order valence-electron chi connectivity index (χ3n) is 7.51. The van der Waals surface area contributed by atoms with Gasteiger partial charge in [0.05, 0.1) is 0 Å². The Hall–Kier alpha value is -1.35. The normalized spacial score (nSPS) is 35.9. The van der Waals surface area contributed by atoms with Crippen molar-refractivity contribution in [1.82, 2.24) is 4.90 Å². The number of carbonyl (C=O) groups is 1. The molecule has 4 aliphatic rings. The number of rotatable bonds is 2. The highest BCUT2D eigenvalue weighted by molar-refractivity contribution is 5.81. The number of likely N-dealkylation sites (tertiary alicyclic amines) is 1. The number of Topliss-reactive ketones (excluding diaryl/α,β-unsaturated/α-hetero) is 1. The molecule has 3 fully saturated rings. The summed E-state index contributed by atoms with van der Waals surface area (Å²) in [5, 5.41) is 10.1. The summed E-state index contributed by atoms with van der Waals surface area (Å²) >= 11 is 0. The maximum absolute atomic E-state index is 12.3. The highest BCUT2D eigenvalue weighted by Crippen LogP contribution is 2.55. The van der Waals surface area contributed by atoms with E-state index in [2.05, 4.69) is 11.0 Å². The Morgan fingerprint density at radius 1 is 1.25 bits per heavy atom. The van der Waals surface area contributed by atoms with E-state index in [-0.39, 0.29) is 5.41 Å². The summed E-state index contributed by atoms with van der Waals surface area (Å²) in [6.07, 6.45) is 8.90. The Labute approximate surface area is 144 Å². The van der Waals surface area contributed by atoms with E-state index in [1.807, 2.05) is 12.1 Å². The van der Waals surface area contributed by atoms with Crippen molar-refractivity contribution >= 4 is 5.78 Å². The summed E-state index contributed by atoms with van der Waals surface area (Å²) in [5.74, 6) is 2.28. The van der Waals surface area contributed by atoms with Crippen LogP contribution in [-0.2, 0) is 16.6 Å². The van der Waals surface area contributed by atoms with Crippen LogP contribution in [0.4, 0.5) is 0 Å². The van der Waals surface area contributed by atoms with Gasteiger partial charge in [0.2, 0.25) is 0 Å². The second-order valence-corrected chi connectivity index (χ2v) is 8.67. The van der Waals surface area contributed by atoms with Crippen molar-refractivity contribution in [3.05, 3.63) is 29.3 Å². The third-order valence-corrected chi connectivity index (χ3v) is 7.51. The minimum absolute atomic E-state index is 0.00242. The van der Waals surface area contributed by atoms with Gasteiger partial charge in [-0.05, 0) is 73.7 Å². The lowest BCUT2D eigenvalue weighted by Gasteiger charge is -2.59. The molecule has 128 valence electrons. The topological polar surface area (TPSA) is 40.5 Å². The van der Waals surface area contributed by atoms with Gasteiger partial charge < -0.3 is 5.11 Å². The van der Waals surface area contributed by atoms with Crippen LogP contribution in [0.5, 0.6) is 5.75 Å². The largest absolute Gasteiger partial charge is 0.508 e. The van der Waals surface area contributed by atoms with E-state index in [0.717, 1.165) is 38.1 Å². The minimum atomic E-state index is 0.00242. The zero-order valence-electron chi connectivity index (χ0n) is 14.3. The molecule has 0 amide bonds. The van der Waals surface area contributed by atoms with Gasteiger partial charge in [-0.15, -0.1) is 0 Å². The minimum Gasteiger partial charge on any atom is -0.508 e. The van der Waals surface area contributed by atoms with Gasteiger partial charge in [0.15, 0.2) is 0 Å². The maximum Gasteiger partial charge on any atom is 0.133 e. The summed E-state index contributed by atoms with van der Waals surface area (Å²) in [7, 11) is 0. The van der Waals surface area contributed by atoms with E-state index in [1.165, 1.54) is 36.9 Å². The molecule has 1 aromatic carbocycles. The molecule has 3 heteroatoms. The van der Waals surface area contributed by atoms with E-state index in [4.69, 9.17) is 0 Å². The summed E-state index contributed by atoms with van der Waals surface area (Å²) < 4.78 is 0. The Bertz CT molecular complexity index is 680. The molecule has 0 radical (unpaired) electrons. The van der Waals surface area contributed by atoms with E-state index in [9.17, 15) is 9.90 Å². The van der Waals surface area contributed by atoms with Gasteiger partial charge in [-0.1, -0.05) is 12.5 Å². The number of ketones is 1. The number of phenolic OH excluding ortho intramolecular Hbond substituents is 1. The average Bonchev–Trinajstić information content (AvgIpc) is 2.52. The van der Waals surface area contributed by atoms with Crippen molar-refractivity contribution in [2.24, 2.45) is 11.8 Å². The Balaban J connectivity index is 1.56. The lowest BCUT2D eigenvalue weighted by atomic mass is 9.52. The quantitative estimate of drug-likeness (QED) is 0.905. The van der Waals surface area contributed by atoms with E-state index < -0.39 is 0 Å². The molecule has 2 bridgehead atoms. The van der Waals surface area contributed by atoms with Crippen LogP contribution < -0.4 is 0 Å². The number of carbonyl (C=O) groups excluding carboxylic acids is 1. The molecule has 0 unspecified atom stereocenters. The molecule has 1 heterocycles. The van der Waals surface area contributed by atoms with Crippen LogP contribution in [0.1, 0.15) is 56.1 Å². The van der Waals surface area contributed by atoms with Gasteiger partial charge in [-0.3, -0.25) is 9.69 Å². The summed E-state index contributed by atoms with van der Waals surface area (Å²) in [6.45, 7) is 2.39. The molecular formula is C21H27NO2. The molecule has 2 saturated carbocycles. The zero-order chi connectivity index (χ0) is 16.3. The van der Waals surface area contributed by atoms with Crippen molar-refractivity contribution in [2.45, 2.75) is 62.8 Å². The van der Waals surface area contributed by atoms with Crippen LogP contribution in [0.3, 0.4) is 0 Å². The second kappa shape index (κ2) is 5.32. The fourth-order valence-corrected chi connectivity index (χ4v) is 6.13. The van der Waals surface area contributed by atoms with E-state index in [0.29, 0.717) is 29.9 Å². The van der Waals surface area contributed by atoms with E-state index in [1.54, 1.807) is 0 Å². The van der Waals surface area contributed by atoms with Gasteiger partial charge in [0, 0.05) is 30.8 Å². The molecule has 3 aliphatic carbocycles. The van der Waals surface area contributed by atoms with Crippen LogP contribution in [0, 0.1) is 11.8 Å². The standard InChI is InChI=1S/C21H27NO2/c23-16-5-4-15-10-20-18-7-6-17(24)12-21(18,19(15)11-16)8-9-22(20)13-14-2-1-3-14/h4-5,11,14,18,20,23H,1-3,6-10,12-13H2/t18-,20+,21-/m0/s1. The number of phenols is 1. The first-order chi connectivity index (χ1) is 11.7. The molecular weight excluding hydrogens is 298 g/mol. The predicted molar refractivity (Wildman–Crippen MR) is 93.2 cm³/mol. The molecule has 5 rings (SSSR count). The number of benzene rings is 1. The van der Waals surface area contributed by atoms with Crippen molar-refractivity contribution in [2.75, 3.05) is 13.1 Å². The summed E-state index contributed by atoms with van der Waals surface area (Å²) in [6, 6.07) is 6.51. The Morgan fingerprint density at radius 2 is 2.12 bits per heavy atom. The van der Waals surface area contributed by atoms with Crippen molar-refractivity contribution < 1.29 is 9.90 Å². The highest BCUT2D eigenvalue weighted by atomic mass is 16.3. The first-order valence-corrected chi connectivity index (χ1v) is 9.74. The first kappa shape index (κ1) is 14.9. The second-order valence-electron chi connectivity index (χ2n) is 8.67. The van der Waals surface area contributed by atoms with Crippen LogP contribution >= 0.6 is 0 Å². The Morgan fingerprint density at radius 3 is 2.92 bits per heavy atom. The van der Waals surface area contributed by atoms with Crippen LogP contribution in [0.25, 0.3) is 0 Å². The number of hydrogen-bond acceptors (Lipinski definition) is 3. The fourth-order valence-electron chi connectivity index (χ4n) is 6.13. The molecule has 24 heavy (non-hydrogen) atoms. The molecule has 3 nitrogen and oxygen atoms in total. The van der Waals surface area contributed by atoms with Gasteiger partial charge in [0.1, 0.15) is 11.5 Å². The molecule has 1 aliphatic heterocycles. The molecule has 1 N–H and O–H groups in total. The van der Waals surface area contributed by atoms with Gasteiger partial charge in [-0.25, -0.2) is 0 Å². The van der Waals surface area contributed by atoms with Gasteiger partial charge >= 0.3 is 0 Å². The molecule has 0 spiro atoms. The summed E-state index contributed by atoms with van der Waals surface area (Å²) in [4.78, 5) is 15.1. The van der Waals surface area contributed by atoms with Crippen molar-refractivity contribution in [1.29, 1.82) is 0 Å². The number of hydrogen-bond donors (Lipinski definition) is 1. The predicted octanol–water partition coefficient (Wildman–Crippen LogP) is 3.43. The number of piperidine rings is 1. The van der Waals surface area contributed by atoms with E-state index >= 15 is 0 Å². The molecule has 1 saturated heterocycles. The monoisotopic (exact) mass is 325 g/mol. The zero-order valence-corrected chi connectivity index (χ0v) is 14.3. The average molecular weight is 325 g/mol. The summed E-state index contributed by atoms with van der Waals surface area (Å²) in [5.41, 5.74) is 2.67. The highest BCUT2D eigenvalue weighted by Gasteiger charge is 2.55. The lowest BCUT2D eigenvalue weighted by Crippen LogP contribution is -2.62. The third kappa shape index (κ3) is 2.10. The molecule has 1 aromatic rings. The first-order valence-electron chi connectivity index (χ1n) is 9.74. The Kier molecular flexibility index (Phi) is 3.31. The van der Waals surface area contributed by atoms with Crippen molar-refractivity contribution in [3.63, 3.8) is 0 Å². The number of nitrogens with zero attached hydrogens (tertiary/aromatic N) is 1. The molecule has 3 atom stereocenters.